The highest BCUT2D eigenvalue weighted by atomic mass is 33.1. The molecule has 0 aliphatic carbocycles. The van der Waals surface area contributed by atoms with E-state index in [-0.39, 0.29) is 5.75 Å². The Kier molecular flexibility index (Phi) is 4.25. The van der Waals surface area contributed by atoms with Crippen molar-refractivity contribution < 1.29 is 5.11 Å². The highest BCUT2D eigenvalue weighted by Crippen LogP contribution is 2.41. The molecule has 1 heterocycles. The van der Waals surface area contributed by atoms with E-state index in [0.29, 0.717) is 0 Å². The maximum atomic E-state index is 9.81. The van der Waals surface area contributed by atoms with Crippen molar-refractivity contribution in [2.24, 2.45) is 0 Å². The van der Waals surface area contributed by atoms with Crippen LogP contribution in [0.3, 0.4) is 0 Å². The van der Waals surface area contributed by atoms with Crippen LogP contribution in [-0.4, -0.2) is 15.3 Å². The third kappa shape index (κ3) is 3.15. The quantitative estimate of drug-likeness (QED) is 0.706. The molecule has 20 heavy (non-hydrogen) atoms. The predicted molar refractivity (Wildman–Crippen MR) is 85.2 cm³/mol. The normalized spacial score (nSPS) is 10.6. The zero-order valence-electron chi connectivity index (χ0n) is 10.3. The molecule has 0 atom stereocenters. The lowest BCUT2D eigenvalue weighted by molar-refractivity contribution is 0.477. The van der Waals surface area contributed by atoms with Gasteiger partial charge < -0.3 is 5.11 Å². The fourth-order valence-corrected chi connectivity index (χ4v) is 4.61. The molecule has 0 fully saturated rings. The van der Waals surface area contributed by atoms with Gasteiger partial charge in [0.1, 0.15) is 5.75 Å². The lowest BCUT2D eigenvalue weighted by Crippen LogP contribution is -1.77. The Bertz CT molecular complexity index is 700. The van der Waals surface area contributed by atoms with Crippen molar-refractivity contribution in [2.75, 3.05) is 0 Å². The van der Waals surface area contributed by atoms with Gasteiger partial charge in [-0.2, -0.15) is 0 Å². The van der Waals surface area contributed by atoms with E-state index in [9.17, 15) is 5.11 Å². The van der Waals surface area contributed by atoms with Crippen LogP contribution in [0.5, 0.6) is 5.75 Å². The monoisotopic (exact) mass is 318 g/mol. The van der Waals surface area contributed by atoms with E-state index >= 15 is 0 Å². The molecule has 2 aromatic carbocycles. The minimum atomic E-state index is 0.232. The molecule has 0 bridgehead atoms. The van der Waals surface area contributed by atoms with Crippen molar-refractivity contribution in [2.45, 2.75) is 9.24 Å². The van der Waals surface area contributed by atoms with Gasteiger partial charge in [-0.15, -0.1) is 10.2 Å². The summed E-state index contributed by atoms with van der Waals surface area (Å²) in [6.07, 6.45) is 0. The topological polar surface area (TPSA) is 46.0 Å². The van der Waals surface area contributed by atoms with Crippen molar-refractivity contribution in [1.82, 2.24) is 10.2 Å². The van der Waals surface area contributed by atoms with E-state index in [1.807, 2.05) is 30.3 Å². The van der Waals surface area contributed by atoms with Crippen molar-refractivity contribution in [1.29, 1.82) is 0 Å². The smallest absolute Gasteiger partial charge is 0.185 e. The van der Waals surface area contributed by atoms with E-state index < -0.39 is 0 Å². The van der Waals surface area contributed by atoms with Crippen LogP contribution >= 0.6 is 32.9 Å². The minimum absolute atomic E-state index is 0.232. The molecule has 6 heteroatoms. The molecule has 3 aromatic rings. The van der Waals surface area contributed by atoms with Gasteiger partial charge in [-0.3, -0.25) is 0 Å². The number of aromatic hydroxyl groups is 1. The first kappa shape index (κ1) is 13.5. The van der Waals surface area contributed by atoms with Crippen LogP contribution < -0.4 is 0 Å². The number of nitrogens with zero attached hydrogens (tertiary/aromatic N) is 2. The number of benzene rings is 2. The highest BCUT2D eigenvalue weighted by Gasteiger charge is 2.10. The first-order valence-corrected chi connectivity index (χ1v) is 8.81. The predicted octanol–water partition coefficient (Wildman–Crippen LogP) is 4.71. The number of aromatic nitrogens is 2. The molecular weight excluding hydrogens is 308 g/mol. The van der Waals surface area contributed by atoms with Crippen LogP contribution in [0, 0.1) is 0 Å². The number of hydrogen-bond acceptors (Lipinski definition) is 6. The Morgan fingerprint density at radius 3 is 2.40 bits per heavy atom. The summed E-state index contributed by atoms with van der Waals surface area (Å²) in [6.45, 7) is 0. The fourth-order valence-electron chi connectivity index (χ4n) is 1.57. The summed E-state index contributed by atoms with van der Waals surface area (Å²) in [4.78, 5) is 1.18. The van der Waals surface area contributed by atoms with Gasteiger partial charge in [0.15, 0.2) is 9.35 Å². The summed E-state index contributed by atoms with van der Waals surface area (Å²) in [5.74, 6) is 0.232. The molecule has 0 saturated carbocycles. The molecular formula is C14H10N2OS3. The van der Waals surface area contributed by atoms with Gasteiger partial charge in [-0.05, 0) is 35.1 Å². The Balaban J connectivity index is 1.73. The minimum Gasteiger partial charge on any atom is -0.507 e. The Morgan fingerprint density at radius 1 is 0.850 bits per heavy atom. The largest absolute Gasteiger partial charge is 0.507 e. The maximum Gasteiger partial charge on any atom is 0.185 e. The van der Waals surface area contributed by atoms with Crippen LogP contribution in [0.25, 0.3) is 10.6 Å². The Morgan fingerprint density at radius 2 is 1.60 bits per heavy atom. The molecule has 1 aromatic heterocycles. The molecule has 0 aliphatic heterocycles. The van der Waals surface area contributed by atoms with Gasteiger partial charge in [0.25, 0.3) is 0 Å². The summed E-state index contributed by atoms with van der Waals surface area (Å²) in [7, 11) is 3.22. The molecule has 0 aliphatic rings. The number of rotatable bonds is 4. The van der Waals surface area contributed by atoms with E-state index in [4.69, 9.17) is 0 Å². The Hall–Kier alpha value is -1.50. The van der Waals surface area contributed by atoms with Gasteiger partial charge in [-0.25, -0.2) is 0 Å². The van der Waals surface area contributed by atoms with Gasteiger partial charge >= 0.3 is 0 Å². The first-order chi connectivity index (χ1) is 9.83. The van der Waals surface area contributed by atoms with E-state index in [0.717, 1.165) is 14.9 Å². The lowest BCUT2D eigenvalue weighted by Gasteiger charge is -1.98. The van der Waals surface area contributed by atoms with Gasteiger partial charge in [0.05, 0.1) is 5.56 Å². The summed E-state index contributed by atoms with van der Waals surface area (Å²) < 4.78 is 0.872. The van der Waals surface area contributed by atoms with Crippen LogP contribution in [0.15, 0.2) is 63.8 Å². The van der Waals surface area contributed by atoms with E-state index in [2.05, 4.69) is 22.3 Å². The lowest BCUT2D eigenvalue weighted by atomic mass is 10.2. The number of phenols is 1. The zero-order chi connectivity index (χ0) is 13.8. The van der Waals surface area contributed by atoms with Crippen LogP contribution in [0.2, 0.25) is 0 Å². The second-order valence-electron chi connectivity index (χ2n) is 3.87. The third-order valence-corrected chi connectivity index (χ3v) is 6.13. The summed E-state index contributed by atoms with van der Waals surface area (Å²) in [6, 6.07) is 17.3. The molecule has 0 amide bonds. The molecule has 0 radical (unpaired) electrons. The average molecular weight is 318 g/mol. The highest BCUT2D eigenvalue weighted by molar-refractivity contribution is 8.77. The van der Waals surface area contributed by atoms with Crippen LogP contribution in [-0.2, 0) is 0 Å². The molecule has 0 saturated heterocycles. The molecule has 100 valence electrons. The number of phenolic OH excluding ortho intramolecular Hbond substituents is 1. The molecule has 0 spiro atoms. The van der Waals surface area contributed by atoms with Gasteiger partial charge in [0.2, 0.25) is 0 Å². The molecule has 1 N–H and O–H groups in total. The summed E-state index contributed by atoms with van der Waals surface area (Å²) in [5.41, 5.74) is 0.724. The number of para-hydroxylation sites is 1. The molecule has 0 unspecified atom stereocenters. The maximum absolute atomic E-state index is 9.81. The van der Waals surface area contributed by atoms with Crippen LogP contribution in [0.4, 0.5) is 0 Å². The third-order valence-electron chi connectivity index (χ3n) is 2.49. The molecule has 3 nitrogen and oxygen atoms in total. The standard InChI is InChI=1S/C14H10N2OS3/c17-12-9-5-4-8-11(12)13-15-16-14(18-13)20-19-10-6-2-1-3-7-10/h1-9,17H. The van der Waals surface area contributed by atoms with Crippen LogP contribution in [0.1, 0.15) is 0 Å². The van der Waals surface area contributed by atoms with Gasteiger partial charge in [0, 0.05) is 4.90 Å². The zero-order valence-corrected chi connectivity index (χ0v) is 12.7. The van der Waals surface area contributed by atoms with Gasteiger partial charge in [-0.1, -0.05) is 52.5 Å². The number of hydrogen-bond donors (Lipinski definition) is 1. The second kappa shape index (κ2) is 6.30. The van der Waals surface area contributed by atoms with Crippen molar-refractivity contribution >= 4 is 32.9 Å². The van der Waals surface area contributed by atoms with Crippen molar-refractivity contribution in [3.05, 3.63) is 54.6 Å². The van der Waals surface area contributed by atoms with E-state index in [1.54, 1.807) is 33.7 Å². The second-order valence-corrected chi connectivity index (χ2v) is 7.30. The SMILES string of the molecule is Oc1ccccc1-c1nnc(SSc2ccccc2)s1. The van der Waals surface area contributed by atoms with Crippen molar-refractivity contribution in [3.8, 4) is 16.3 Å². The summed E-state index contributed by atoms with van der Waals surface area (Å²) >= 11 is 1.48. The average Bonchev–Trinajstić information content (AvgIpc) is 2.95. The van der Waals surface area contributed by atoms with Crippen molar-refractivity contribution in [3.63, 3.8) is 0 Å². The van der Waals surface area contributed by atoms with E-state index in [1.165, 1.54) is 16.2 Å². The first-order valence-electron chi connectivity index (χ1n) is 5.84. The Labute approximate surface area is 128 Å². The fraction of sp³-hybridized carbons (Fsp3) is 0. The molecule has 3 rings (SSSR count). The summed E-state index contributed by atoms with van der Waals surface area (Å²) in [5, 5.41) is 18.8.